The van der Waals surface area contributed by atoms with Gasteiger partial charge in [0.25, 0.3) is 0 Å². The van der Waals surface area contributed by atoms with Gasteiger partial charge >= 0.3 is 5.97 Å². The van der Waals surface area contributed by atoms with Crippen LogP contribution in [0.2, 0.25) is 0 Å². The van der Waals surface area contributed by atoms with Gasteiger partial charge in [-0.1, -0.05) is 13.8 Å². The van der Waals surface area contributed by atoms with Gasteiger partial charge in [-0.25, -0.2) is 18.1 Å². The van der Waals surface area contributed by atoms with Crippen molar-refractivity contribution in [2.24, 2.45) is 5.92 Å². The molecule has 0 unspecified atom stereocenters. The van der Waals surface area contributed by atoms with Crippen LogP contribution in [0.25, 0.3) is 0 Å². The number of imidazole rings is 1. The molecule has 0 bridgehead atoms. The van der Waals surface area contributed by atoms with E-state index in [-0.39, 0.29) is 18.1 Å². The highest BCUT2D eigenvalue weighted by Gasteiger charge is 2.25. The summed E-state index contributed by atoms with van der Waals surface area (Å²) in [5, 5.41) is 9.01. The van der Waals surface area contributed by atoms with Gasteiger partial charge in [0.05, 0.1) is 12.1 Å². The lowest BCUT2D eigenvalue weighted by atomic mass is 10.2. The number of hydrogen-bond donors (Lipinski definition) is 3. The van der Waals surface area contributed by atoms with Gasteiger partial charge in [-0.05, 0) is 5.92 Å². The zero-order valence-corrected chi connectivity index (χ0v) is 11.1. The lowest BCUT2D eigenvalue weighted by Crippen LogP contribution is -2.43. The first kappa shape index (κ1) is 14.7. The summed E-state index contributed by atoms with van der Waals surface area (Å²) in [5.74, 6) is -1.37. The van der Waals surface area contributed by atoms with E-state index < -0.39 is 22.0 Å². The molecule has 0 radical (unpaired) electrons. The average Bonchev–Trinajstić information content (AvgIpc) is 2.66. The number of rotatable bonds is 7. The zero-order valence-electron chi connectivity index (χ0n) is 10.3. The van der Waals surface area contributed by atoms with Crippen molar-refractivity contribution in [1.82, 2.24) is 14.7 Å². The smallest absolute Gasteiger partial charge is 0.322 e. The lowest BCUT2D eigenvalue weighted by molar-refractivity contribution is -0.138. The summed E-state index contributed by atoms with van der Waals surface area (Å²) >= 11 is 0. The van der Waals surface area contributed by atoms with Gasteiger partial charge in [0, 0.05) is 18.3 Å². The van der Waals surface area contributed by atoms with E-state index in [1.807, 2.05) is 0 Å². The van der Waals surface area contributed by atoms with Crippen LogP contribution in [0.1, 0.15) is 19.5 Å². The third-order valence-corrected chi connectivity index (χ3v) is 3.90. The molecule has 1 rings (SSSR count). The number of carbonyl (C=O) groups is 1. The summed E-state index contributed by atoms with van der Waals surface area (Å²) in [6.45, 7) is 3.51. The number of carboxylic acids is 1. The molecule has 1 aromatic heterocycles. The second-order valence-electron chi connectivity index (χ2n) is 4.46. The monoisotopic (exact) mass is 275 g/mol. The molecule has 3 N–H and O–H groups in total. The molecule has 0 saturated carbocycles. The summed E-state index contributed by atoms with van der Waals surface area (Å²) in [5.41, 5.74) is 0.564. The highest BCUT2D eigenvalue weighted by molar-refractivity contribution is 7.89. The number of hydrogen-bond acceptors (Lipinski definition) is 4. The Kier molecular flexibility index (Phi) is 4.85. The number of nitrogens with one attached hydrogen (secondary N) is 2. The fourth-order valence-corrected chi connectivity index (χ4v) is 3.09. The van der Waals surface area contributed by atoms with Crippen LogP contribution in [-0.4, -0.2) is 41.3 Å². The number of sulfonamides is 1. The van der Waals surface area contributed by atoms with E-state index in [4.69, 9.17) is 5.11 Å². The van der Waals surface area contributed by atoms with Gasteiger partial charge in [0.15, 0.2) is 0 Å². The van der Waals surface area contributed by atoms with Crippen molar-refractivity contribution in [1.29, 1.82) is 0 Å². The Balaban J connectivity index is 2.72. The molecule has 8 heteroatoms. The molecule has 1 atom stereocenters. The van der Waals surface area contributed by atoms with Crippen molar-refractivity contribution in [3.63, 3.8) is 0 Å². The Hall–Kier alpha value is -1.41. The quantitative estimate of drug-likeness (QED) is 0.647. The van der Waals surface area contributed by atoms with Crippen LogP contribution in [0.4, 0.5) is 0 Å². The fraction of sp³-hybridized carbons (Fsp3) is 0.600. The SMILES string of the molecule is CC(C)CS(=O)(=O)N[C@H](Cc1cnc[nH]1)C(=O)O. The maximum atomic E-state index is 11.7. The van der Waals surface area contributed by atoms with E-state index in [1.165, 1.54) is 12.5 Å². The summed E-state index contributed by atoms with van der Waals surface area (Å²) in [7, 11) is -3.59. The second kappa shape index (κ2) is 5.96. The van der Waals surface area contributed by atoms with Crippen molar-refractivity contribution in [3.8, 4) is 0 Å². The molecule has 18 heavy (non-hydrogen) atoms. The van der Waals surface area contributed by atoms with E-state index in [1.54, 1.807) is 13.8 Å². The van der Waals surface area contributed by atoms with Crippen LogP contribution >= 0.6 is 0 Å². The Bertz CT molecular complexity index is 481. The summed E-state index contributed by atoms with van der Waals surface area (Å²) in [6, 6.07) is -1.19. The van der Waals surface area contributed by atoms with E-state index in [0.29, 0.717) is 5.69 Å². The first-order valence-corrected chi connectivity index (χ1v) is 7.15. The maximum absolute atomic E-state index is 11.7. The third-order valence-electron chi connectivity index (χ3n) is 2.15. The number of aliphatic carboxylic acids is 1. The highest BCUT2D eigenvalue weighted by Crippen LogP contribution is 2.03. The molecule has 0 fully saturated rings. The van der Waals surface area contributed by atoms with Crippen molar-refractivity contribution in [2.75, 3.05) is 5.75 Å². The predicted octanol–water partition coefficient (Wildman–Crippen LogP) is -0.0192. The lowest BCUT2D eigenvalue weighted by Gasteiger charge is -2.15. The van der Waals surface area contributed by atoms with Crippen molar-refractivity contribution >= 4 is 16.0 Å². The number of nitrogens with zero attached hydrogens (tertiary/aromatic N) is 1. The van der Waals surface area contributed by atoms with Gasteiger partial charge in [-0.3, -0.25) is 4.79 Å². The van der Waals surface area contributed by atoms with Crippen LogP contribution in [0, 0.1) is 5.92 Å². The molecule has 0 saturated heterocycles. The van der Waals surface area contributed by atoms with Crippen molar-refractivity contribution in [3.05, 3.63) is 18.2 Å². The molecule has 0 amide bonds. The molecule has 7 nitrogen and oxygen atoms in total. The van der Waals surface area contributed by atoms with E-state index in [2.05, 4.69) is 14.7 Å². The summed E-state index contributed by atoms with van der Waals surface area (Å²) in [4.78, 5) is 17.5. The zero-order chi connectivity index (χ0) is 13.8. The van der Waals surface area contributed by atoms with Gasteiger partial charge in [0.1, 0.15) is 6.04 Å². The molecular formula is C10H17N3O4S. The minimum atomic E-state index is -3.59. The van der Waals surface area contributed by atoms with Crippen LogP contribution in [0.5, 0.6) is 0 Å². The summed E-state index contributed by atoms with van der Waals surface area (Å²) < 4.78 is 25.6. The predicted molar refractivity (Wildman–Crippen MR) is 65.5 cm³/mol. The largest absolute Gasteiger partial charge is 0.480 e. The number of aromatic amines is 1. The Labute approximate surface area is 106 Å². The molecule has 0 aliphatic heterocycles. The van der Waals surface area contributed by atoms with Gasteiger partial charge in [-0.2, -0.15) is 0 Å². The Morgan fingerprint density at radius 1 is 1.56 bits per heavy atom. The normalized spacial score (nSPS) is 13.7. The number of carboxylic acid groups (broad SMARTS) is 1. The first-order chi connectivity index (χ1) is 8.30. The van der Waals surface area contributed by atoms with Crippen LogP contribution in [-0.2, 0) is 21.2 Å². The fourth-order valence-electron chi connectivity index (χ4n) is 1.50. The Morgan fingerprint density at radius 2 is 2.22 bits per heavy atom. The number of H-pyrrole nitrogens is 1. The molecule has 1 heterocycles. The molecule has 0 aliphatic carbocycles. The van der Waals surface area contributed by atoms with Crippen molar-refractivity contribution in [2.45, 2.75) is 26.3 Å². The third kappa shape index (κ3) is 4.84. The maximum Gasteiger partial charge on any atom is 0.322 e. The molecular weight excluding hydrogens is 258 g/mol. The van der Waals surface area contributed by atoms with Gasteiger partial charge in [0.2, 0.25) is 10.0 Å². The van der Waals surface area contributed by atoms with Crippen LogP contribution in [0.15, 0.2) is 12.5 Å². The van der Waals surface area contributed by atoms with E-state index in [0.717, 1.165) is 0 Å². The highest BCUT2D eigenvalue weighted by atomic mass is 32.2. The van der Waals surface area contributed by atoms with E-state index in [9.17, 15) is 13.2 Å². The molecule has 1 aromatic rings. The van der Waals surface area contributed by atoms with Gasteiger partial charge < -0.3 is 10.1 Å². The number of aromatic nitrogens is 2. The summed E-state index contributed by atoms with van der Waals surface area (Å²) in [6.07, 6.45) is 2.91. The van der Waals surface area contributed by atoms with Crippen LogP contribution in [0.3, 0.4) is 0 Å². The van der Waals surface area contributed by atoms with Crippen LogP contribution < -0.4 is 4.72 Å². The molecule has 0 spiro atoms. The average molecular weight is 275 g/mol. The minimum Gasteiger partial charge on any atom is -0.480 e. The second-order valence-corrected chi connectivity index (χ2v) is 6.26. The van der Waals surface area contributed by atoms with E-state index >= 15 is 0 Å². The first-order valence-electron chi connectivity index (χ1n) is 5.50. The standard InChI is InChI=1S/C10H17N3O4S/c1-7(2)5-18(16,17)13-9(10(14)15)3-8-4-11-6-12-8/h4,6-7,9,13H,3,5H2,1-2H3,(H,11,12)(H,14,15)/t9-/m1/s1. The van der Waals surface area contributed by atoms with Crippen molar-refractivity contribution < 1.29 is 18.3 Å². The molecule has 102 valence electrons. The topological polar surface area (TPSA) is 112 Å². The molecule has 0 aliphatic rings. The minimum absolute atomic E-state index is 0.0344. The van der Waals surface area contributed by atoms with Gasteiger partial charge in [-0.15, -0.1) is 0 Å². The Morgan fingerprint density at radius 3 is 2.67 bits per heavy atom. The molecule has 0 aromatic carbocycles.